The molecular weight excluding hydrogens is 543 g/mol. The third-order valence-corrected chi connectivity index (χ3v) is 17.1. The maximum absolute atomic E-state index is 4.44. The van der Waals surface area contributed by atoms with Gasteiger partial charge in [-0.2, -0.15) is 0 Å². The Balaban J connectivity index is 4.90. The Morgan fingerprint density at radius 1 is 0.342 bits per heavy atom. The van der Waals surface area contributed by atoms with E-state index in [1.54, 1.807) is 18.5 Å². The topological polar surface area (TPSA) is 0 Å². The molecule has 0 aromatic rings. The lowest BCUT2D eigenvalue weighted by atomic mass is 10.1. The van der Waals surface area contributed by atoms with Crippen molar-refractivity contribution in [1.82, 2.24) is 0 Å². The molecule has 1 unspecified atom stereocenters. The van der Waals surface area contributed by atoms with E-state index >= 15 is 0 Å². The molecule has 0 bridgehead atoms. The summed E-state index contributed by atoms with van der Waals surface area (Å²) in [6.45, 7) is 9.36. The van der Waals surface area contributed by atoms with Crippen molar-refractivity contribution >= 4 is 23.2 Å². The van der Waals surface area contributed by atoms with Gasteiger partial charge in [0.2, 0.25) is 0 Å². The van der Waals surface area contributed by atoms with Gasteiger partial charge in [0.25, 0.3) is 0 Å². The largest absolute Gasteiger partial charge is 0.123 e. The molecule has 0 aliphatic heterocycles. The zero-order chi connectivity index (χ0) is 28.0. The molecule has 0 spiro atoms. The van der Waals surface area contributed by atoms with Crippen molar-refractivity contribution in [2.45, 2.75) is 212 Å². The SMILES string of the molecule is CCCCCCCCCCCC(Br)[P+](CCCCCCCC)(CCCCCCCC)CCCCCCCC. The van der Waals surface area contributed by atoms with Crippen LogP contribution in [0.3, 0.4) is 0 Å². The Morgan fingerprint density at radius 2 is 0.579 bits per heavy atom. The van der Waals surface area contributed by atoms with Gasteiger partial charge in [-0.1, -0.05) is 156 Å². The summed E-state index contributed by atoms with van der Waals surface area (Å²) in [7, 11) is -0.911. The second kappa shape index (κ2) is 30.9. The molecule has 0 N–H and O–H groups in total. The number of alkyl halides is 1. The van der Waals surface area contributed by atoms with Crippen LogP contribution < -0.4 is 0 Å². The van der Waals surface area contributed by atoms with Crippen LogP contribution in [-0.2, 0) is 0 Å². The summed E-state index contributed by atoms with van der Waals surface area (Å²) in [5.41, 5.74) is 0. The molecule has 0 aromatic carbocycles. The van der Waals surface area contributed by atoms with Crippen molar-refractivity contribution < 1.29 is 0 Å². The molecule has 0 saturated carbocycles. The van der Waals surface area contributed by atoms with Crippen LogP contribution in [-0.4, -0.2) is 23.1 Å². The Labute approximate surface area is 252 Å². The van der Waals surface area contributed by atoms with Crippen molar-refractivity contribution in [2.24, 2.45) is 0 Å². The Morgan fingerprint density at radius 3 is 0.868 bits per heavy atom. The van der Waals surface area contributed by atoms with E-state index in [0.29, 0.717) is 0 Å². The minimum absolute atomic E-state index is 0.849. The second-order valence-corrected chi connectivity index (χ2v) is 19.0. The fraction of sp³-hybridized carbons (Fsp3) is 1.00. The first kappa shape index (κ1) is 38.9. The van der Waals surface area contributed by atoms with Gasteiger partial charge < -0.3 is 0 Å². The smallest absolute Gasteiger partial charge is 0.0654 e. The third kappa shape index (κ3) is 23.6. The lowest BCUT2D eigenvalue weighted by Crippen LogP contribution is -2.18. The lowest BCUT2D eigenvalue weighted by Gasteiger charge is -2.33. The van der Waals surface area contributed by atoms with Crippen LogP contribution in [0.15, 0.2) is 0 Å². The molecule has 0 nitrogen and oxygen atoms in total. The van der Waals surface area contributed by atoms with Gasteiger partial charge in [0.05, 0.1) is 18.5 Å². The molecule has 0 heterocycles. The van der Waals surface area contributed by atoms with Gasteiger partial charge in [-0.05, 0) is 67.3 Å². The molecule has 0 fully saturated rings. The third-order valence-electron chi connectivity index (χ3n) is 9.01. The standard InChI is InChI=1S/C36H75BrP/c1-5-9-13-17-21-22-23-24-28-32-36(37)38(33-29-25-18-14-10-6-2,34-30-26-19-15-11-7-3)35-31-27-20-16-12-8-4/h36H,5-35H2,1-4H3/q+1. The van der Waals surface area contributed by atoms with Crippen LogP contribution in [0.25, 0.3) is 0 Å². The van der Waals surface area contributed by atoms with Gasteiger partial charge in [-0.3, -0.25) is 0 Å². The molecule has 38 heavy (non-hydrogen) atoms. The first-order chi connectivity index (χ1) is 18.7. The molecule has 1 atom stereocenters. The summed E-state index contributed by atoms with van der Waals surface area (Å²) in [5.74, 6) is 0. The molecule has 2 heteroatoms. The van der Waals surface area contributed by atoms with Crippen molar-refractivity contribution in [3.05, 3.63) is 0 Å². The van der Waals surface area contributed by atoms with Gasteiger partial charge in [0.15, 0.2) is 0 Å². The van der Waals surface area contributed by atoms with E-state index in [-0.39, 0.29) is 0 Å². The number of hydrogen-bond donors (Lipinski definition) is 0. The zero-order valence-corrected chi connectivity index (χ0v) is 29.8. The van der Waals surface area contributed by atoms with E-state index < -0.39 is 7.26 Å². The van der Waals surface area contributed by atoms with Crippen LogP contribution in [0.2, 0.25) is 0 Å². The molecule has 0 rings (SSSR count). The first-order valence-electron chi connectivity index (χ1n) is 18.2. The monoisotopic (exact) mass is 617 g/mol. The van der Waals surface area contributed by atoms with E-state index in [1.807, 2.05) is 0 Å². The number of unbranched alkanes of at least 4 members (excludes halogenated alkanes) is 23. The van der Waals surface area contributed by atoms with Crippen molar-refractivity contribution in [2.75, 3.05) is 18.5 Å². The number of rotatable bonds is 32. The van der Waals surface area contributed by atoms with Crippen molar-refractivity contribution in [1.29, 1.82) is 0 Å². The predicted octanol–water partition coefficient (Wildman–Crippen LogP) is 14.7. The maximum Gasteiger partial charge on any atom is 0.123 e. The lowest BCUT2D eigenvalue weighted by molar-refractivity contribution is 0.560. The molecular formula is C36H75BrP+. The van der Waals surface area contributed by atoms with Gasteiger partial charge in [-0.15, -0.1) is 0 Å². The zero-order valence-electron chi connectivity index (χ0n) is 27.3. The fourth-order valence-corrected chi connectivity index (χ4v) is 13.2. The van der Waals surface area contributed by atoms with Crippen LogP contribution in [0.4, 0.5) is 0 Å². The minimum Gasteiger partial charge on any atom is -0.0654 e. The summed E-state index contributed by atoms with van der Waals surface area (Å²) < 4.78 is 0.849. The summed E-state index contributed by atoms with van der Waals surface area (Å²) >= 11 is 4.44. The van der Waals surface area contributed by atoms with Crippen molar-refractivity contribution in [3.63, 3.8) is 0 Å². The highest BCUT2D eigenvalue weighted by atomic mass is 79.9. The first-order valence-corrected chi connectivity index (χ1v) is 21.5. The van der Waals surface area contributed by atoms with E-state index in [1.165, 1.54) is 180 Å². The summed E-state index contributed by atoms with van der Waals surface area (Å²) in [4.78, 5) is 0. The highest BCUT2D eigenvalue weighted by molar-refractivity contribution is 9.11. The van der Waals surface area contributed by atoms with E-state index in [2.05, 4.69) is 43.6 Å². The Bertz CT molecular complexity index is 396. The second-order valence-electron chi connectivity index (χ2n) is 12.7. The highest BCUT2D eigenvalue weighted by Gasteiger charge is 2.42. The van der Waals surface area contributed by atoms with Gasteiger partial charge in [-0.25, -0.2) is 0 Å². The van der Waals surface area contributed by atoms with E-state index in [9.17, 15) is 0 Å². The van der Waals surface area contributed by atoms with Gasteiger partial charge in [0, 0.05) is 7.26 Å². The minimum atomic E-state index is -0.911. The normalized spacial score (nSPS) is 12.9. The highest BCUT2D eigenvalue weighted by Crippen LogP contribution is 2.68. The fourth-order valence-electron chi connectivity index (χ4n) is 6.27. The van der Waals surface area contributed by atoms with E-state index in [0.717, 1.165) is 4.57 Å². The average molecular weight is 619 g/mol. The molecule has 0 radical (unpaired) electrons. The maximum atomic E-state index is 4.44. The van der Waals surface area contributed by atoms with Crippen molar-refractivity contribution in [3.8, 4) is 0 Å². The van der Waals surface area contributed by atoms with Crippen LogP contribution in [0.1, 0.15) is 207 Å². The molecule has 0 saturated heterocycles. The number of halogens is 1. The number of hydrogen-bond acceptors (Lipinski definition) is 0. The Kier molecular flexibility index (Phi) is 31.6. The molecule has 0 amide bonds. The molecule has 230 valence electrons. The predicted molar refractivity (Wildman–Crippen MR) is 186 cm³/mol. The van der Waals surface area contributed by atoms with Crippen LogP contribution >= 0.6 is 23.2 Å². The molecule has 0 aromatic heterocycles. The van der Waals surface area contributed by atoms with Crippen LogP contribution in [0, 0.1) is 0 Å². The summed E-state index contributed by atoms with van der Waals surface area (Å²) in [6.07, 6.45) is 45.6. The quantitative estimate of drug-likeness (QED) is 0.0400. The van der Waals surface area contributed by atoms with Gasteiger partial charge in [0.1, 0.15) is 4.57 Å². The summed E-state index contributed by atoms with van der Waals surface area (Å²) in [6, 6.07) is 0. The van der Waals surface area contributed by atoms with Gasteiger partial charge >= 0.3 is 0 Å². The average Bonchev–Trinajstić information content (AvgIpc) is 2.92. The summed E-state index contributed by atoms with van der Waals surface area (Å²) in [5, 5.41) is 0. The Hall–Kier alpha value is 0.910. The molecule has 0 aliphatic rings. The van der Waals surface area contributed by atoms with E-state index in [4.69, 9.17) is 0 Å². The molecule has 0 aliphatic carbocycles. The van der Waals surface area contributed by atoms with Crippen LogP contribution in [0.5, 0.6) is 0 Å².